The van der Waals surface area contributed by atoms with Crippen LogP contribution in [0.2, 0.25) is 0 Å². The van der Waals surface area contributed by atoms with Crippen molar-refractivity contribution < 1.29 is 14.0 Å². The molecular weight excluding hydrogens is 307 g/mol. The molecule has 4 nitrogen and oxygen atoms in total. The predicted molar refractivity (Wildman–Crippen MR) is 89.6 cm³/mol. The predicted octanol–water partition coefficient (Wildman–Crippen LogP) is 2.89. The number of amides is 2. The molecule has 1 unspecified atom stereocenters. The van der Waals surface area contributed by atoms with Gasteiger partial charge in [0, 0.05) is 12.1 Å². The first-order chi connectivity index (χ1) is 11.6. The van der Waals surface area contributed by atoms with Crippen molar-refractivity contribution in [2.24, 2.45) is 0 Å². The van der Waals surface area contributed by atoms with Crippen LogP contribution in [0.5, 0.6) is 0 Å². The maximum absolute atomic E-state index is 14.3. The van der Waals surface area contributed by atoms with E-state index in [1.54, 1.807) is 23.1 Å². The first kappa shape index (κ1) is 16.7. The number of likely N-dealkylation sites (tertiary alicyclic amines) is 1. The molecule has 0 spiro atoms. The Morgan fingerprint density at radius 1 is 1.25 bits per heavy atom. The van der Waals surface area contributed by atoms with Gasteiger partial charge in [0.1, 0.15) is 11.9 Å². The van der Waals surface area contributed by atoms with Crippen LogP contribution in [-0.4, -0.2) is 29.3 Å². The fourth-order valence-electron chi connectivity index (χ4n) is 4.03. The molecule has 5 heteroatoms. The van der Waals surface area contributed by atoms with E-state index in [0.717, 1.165) is 32.1 Å². The van der Waals surface area contributed by atoms with Crippen LogP contribution in [0.1, 0.15) is 44.1 Å². The van der Waals surface area contributed by atoms with Gasteiger partial charge in [-0.1, -0.05) is 37.6 Å². The van der Waals surface area contributed by atoms with Crippen molar-refractivity contribution in [3.63, 3.8) is 0 Å². The second-order valence-corrected chi connectivity index (χ2v) is 6.65. The Hall–Kier alpha value is -2.17. The number of carbonyl (C=O) groups excluding carboxylic acids is 2. The fraction of sp³-hybridized carbons (Fsp3) is 0.474. The highest BCUT2D eigenvalue weighted by atomic mass is 19.1. The molecule has 3 rings (SSSR count). The van der Waals surface area contributed by atoms with Crippen LogP contribution in [0, 0.1) is 5.82 Å². The SMILES string of the molecule is C=CC(=O)N1CCCC1C(=O)NC1(c2ccccc2F)CCCC1. The van der Waals surface area contributed by atoms with E-state index in [-0.39, 0.29) is 17.6 Å². The highest BCUT2D eigenvalue weighted by molar-refractivity contribution is 5.93. The zero-order chi connectivity index (χ0) is 17.2. The molecule has 1 aromatic carbocycles. The average molecular weight is 330 g/mol. The Bertz CT molecular complexity index is 653. The van der Waals surface area contributed by atoms with E-state index in [0.29, 0.717) is 18.5 Å². The zero-order valence-corrected chi connectivity index (χ0v) is 13.8. The van der Waals surface area contributed by atoms with Crippen molar-refractivity contribution in [3.8, 4) is 0 Å². The summed E-state index contributed by atoms with van der Waals surface area (Å²) >= 11 is 0. The number of benzene rings is 1. The maximum atomic E-state index is 14.3. The first-order valence-corrected chi connectivity index (χ1v) is 8.57. The third-order valence-corrected chi connectivity index (χ3v) is 5.22. The topological polar surface area (TPSA) is 49.4 Å². The van der Waals surface area contributed by atoms with Gasteiger partial charge in [0.2, 0.25) is 11.8 Å². The average Bonchev–Trinajstić information content (AvgIpc) is 3.24. The zero-order valence-electron chi connectivity index (χ0n) is 13.8. The summed E-state index contributed by atoms with van der Waals surface area (Å²) in [5.41, 5.74) is -0.107. The van der Waals surface area contributed by atoms with Gasteiger partial charge in [-0.05, 0) is 37.8 Å². The van der Waals surface area contributed by atoms with Gasteiger partial charge in [-0.15, -0.1) is 0 Å². The number of hydrogen-bond donors (Lipinski definition) is 1. The third kappa shape index (κ3) is 2.95. The number of halogens is 1. The molecule has 0 radical (unpaired) electrons. The van der Waals surface area contributed by atoms with Crippen LogP contribution in [0.25, 0.3) is 0 Å². The van der Waals surface area contributed by atoms with Crippen LogP contribution in [0.3, 0.4) is 0 Å². The fourth-order valence-corrected chi connectivity index (χ4v) is 4.03. The van der Waals surface area contributed by atoms with E-state index < -0.39 is 11.6 Å². The molecule has 2 amide bonds. The standard InChI is InChI=1S/C19H23FN2O2/c1-2-17(23)22-13-7-10-16(22)18(24)21-19(11-5-6-12-19)14-8-3-4-9-15(14)20/h2-4,8-9,16H,1,5-7,10-13H2,(H,21,24). The van der Waals surface area contributed by atoms with Crippen LogP contribution in [0.15, 0.2) is 36.9 Å². The molecular formula is C19H23FN2O2. The minimum atomic E-state index is -0.659. The van der Waals surface area contributed by atoms with Crippen LogP contribution < -0.4 is 5.32 Å². The number of carbonyl (C=O) groups is 2. The minimum Gasteiger partial charge on any atom is -0.345 e. The molecule has 2 aliphatic rings. The number of nitrogens with one attached hydrogen (secondary N) is 1. The van der Waals surface area contributed by atoms with Crippen LogP contribution in [-0.2, 0) is 15.1 Å². The number of rotatable bonds is 4. The molecule has 1 aromatic rings. The number of hydrogen-bond acceptors (Lipinski definition) is 2. The van der Waals surface area contributed by atoms with Gasteiger partial charge in [0.15, 0.2) is 0 Å². The third-order valence-electron chi connectivity index (χ3n) is 5.22. The van der Waals surface area contributed by atoms with Crippen molar-refractivity contribution in [2.45, 2.75) is 50.1 Å². The largest absolute Gasteiger partial charge is 0.345 e. The van der Waals surface area contributed by atoms with Crippen molar-refractivity contribution >= 4 is 11.8 Å². The summed E-state index contributed by atoms with van der Waals surface area (Å²) in [4.78, 5) is 26.4. The Balaban J connectivity index is 1.84. The molecule has 1 aliphatic carbocycles. The van der Waals surface area contributed by atoms with Crippen LogP contribution in [0.4, 0.5) is 4.39 Å². The van der Waals surface area contributed by atoms with E-state index >= 15 is 0 Å². The second-order valence-electron chi connectivity index (χ2n) is 6.65. The normalized spacial score (nSPS) is 22.4. The summed E-state index contributed by atoms with van der Waals surface area (Å²) in [6.07, 6.45) is 6.03. The van der Waals surface area contributed by atoms with Gasteiger partial charge in [-0.2, -0.15) is 0 Å². The molecule has 1 aliphatic heterocycles. The van der Waals surface area contributed by atoms with Crippen molar-refractivity contribution in [1.29, 1.82) is 0 Å². The first-order valence-electron chi connectivity index (χ1n) is 8.57. The van der Waals surface area contributed by atoms with Gasteiger partial charge in [-0.3, -0.25) is 9.59 Å². The molecule has 1 saturated heterocycles. The molecule has 1 atom stereocenters. The lowest BCUT2D eigenvalue weighted by Gasteiger charge is -2.34. The summed E-state index contributed by atoms with van der Waals surface area (Å²) in [5, 5.41) is 3.09. The molecule has 128 valence electrons. The molecule has 0 bridgehead atoms. The Labute approximate surface area is 141 Å². The monoisotopic (exact) mass is 330 g/mol. The lowest BCUT2D eigenvalue weighted by molar-refractivity contribution is -0.136. The molecule has 1 saturated carbocycles. The van der Waals surface area contributed by atoms with Gasteiger partial charge in [-0.25, -0.2) is 4.39 Å². The van der Waals surface area contributed by atoms with Gasteiger partial charge in [0.25, 0.3) is 0 Å². The second kappa shape index (κ2) is 6.75. The van der Waals surface area contributed by atoms with Gasteiger partial charge >= 0.3 is 0 Å². The van der Waals surface area contributed by atoms with Crippen molar-refractivity contribution in [2.75, 3.05) is 6.54 Å². The lowest BCUT2D eigenvalue weighted by Crippen LogP contribution is -2.52. The van der Waals surface area contributed by atoms with E-state index in [9.17, 15) is 14.0 Å². The summed E-state index contributed by atoms with van der Waals surface area (Å²) in [6.45, 7) is 4.07. The smallest absolute Gasteiger partial charge is 0.246 e. The summed E-state index contributed by atoms with van der Waals surface area (Å²) in [5.74, 6) is -0.697. The molecule has 0 aromatic heterocycles. The Kier molecular flexibility index (Phi) is 4.69. The minimum absolute atomic E-state index is 0.187. The highest BCUT2D eigenvalue weighted by Crippen LogP contribution is 2.40. The molecule has 24 heavy (non-hydrogen) atoms. The summed E-state index contributed by atoms with van der Waals surface area (Å²) in [6, 6.07) is 6.16. The summed E-state index contributed by atoms with van der Waals surface area (Å²) in [7, 11) is 0. The van der Waals surface area contributed by atoms with Gasteiger partial charge in [0.05, 0.1) is 5.54 Å². The van der Waals surface area contributed by atoms with Crippen molar-refractivity contribution in [1.82, 2.24) is 10.2 Å². The quantitative estimate of drug-likeness (QED) is 0.863. The highest BCUT2D eigenvalue weighted by Gasteiger charge is 2.42. The van der Waals surface area contributed by atoms with E-state index in [2.05, 4.69) is 11.9 Å². The van der Waals surface area contributed by atoms with E-state index in [1.165, 1.54) is 12.1 Å². The lowest BCUT2D eigenvalue weighted by atomic mass is 9.87. The van der Waals surface area contributed by atoms with E-state index in [4.69, 9.17) is 0 Å². The maximum Gasteiger partial charge on any atom is 0.246 e. The molecule has 2 fully saturated rings. The molecule has 1 N–H and O–H groups in total. The Morgan fingerprint density at radius 3 is 2.62 bits per heavy atom. The van der Waals surface area contributed by atoms with Crippen LogP contribution >= 0.6 is 0 Å². The Morgan fingerprint density at radius 2 is 1.96 bits per heavy atom. The molecule has 1 heterocycles. The summed E-state index contributed by atoms with van der Waals surface area (Å²) < 4.78 is 14.3. The number of nitrogens with zero attached hydrogens (tertiary/aromatic N) is 1. The van der Waals surface area contributed by atoms with E-state index in [1.807, 2.05) is 0 Å². The van der Waals surface area contributed by atoms with Crippen molar-refractivity contribution in [3.05, 3.63) is 48.3 Å². The van der Waals surface area contributed by atoms with Gasteiger partial charge < -0.3 is 10.2 Å².